The highest BCUT2D eigenvalue weighted by atomic mass is 32.1. The summed E-state index contributed by atoms with van der Waals surface area (Å²) in [5, 5.41) is 2.62. The lowest BCUT2D eigenvalue weighted by Gasteiger charge is -1.90. The first-order chi connectivity index (χ1) is 4.83. The molecule has 0 saturated heterocycles. The minimum atomic E-state index is 0.645. The second kappa shape index (κ2) is 3.53. The zero-order valence-corrected chi connectivity index (χ0v) is 6.53. The third-order valence-corrected chi connectivity index (χ3v) is 1.93. The van der Waals surface area contributed by atoms with Crippen molar-refractivity contribution < 1.29 is 0 Å². The van der Waals surface area contributed by atoms with Crippen LogP contribution in [0.5, 0.6) is 0 Å². The zero-order chi connectivity index (χ0) is 7.40. The van der Waals surface area contributed by atoms with Gasteiger partial charge in [-0.2, -0.15) is 0 Å². The Morgan fingerprint density at radius 3 is 2.90 bits per heavy atom. The van der Waals surface area contributed by atoms with Gasteiger partial charge >= 0.3 is 0 Å². The topological polar surface area (TPSA) is 64.9 Å². The molecule has 10 heavy (non-hydrogen) atoms. The Kier molecular flexibility index (Phi) is 2.65. The van der Waals surface area contributed by atoms with Gasteiger partial charge in [-0.1, -0.05) is 0 Å². The largest absolute Gasteiger partial charge is 0.375 e. The van der Waals surface area contributed by atoms with Crippen molar-refractivity contribution in [1.29, 1.82) is 0 Å². The van der Waals surface area contributed by atoms with E-state index < -0.39 is 0 Å². The quantitative estimate of drug-likeness (QED) is 0.676. The molecule has 0 bridgehead atoms. The smallest absolute Gasteiger partial charge is 0.180 e. The van der Waals surface area contributed by atoms with Gasteiger partial charge in [0.15, 0.2) is 5.13 Å². The Labute approximate surface area is 64.1 Å². The third-order valence-electron chi connectivity index (χ3n) is 1.21. The number of thiazole rings is 1. The summed E-state index contributed by atoms with van der Waals surface area (Å²) >= 11 is 1.48. The molecule has 0 amide bonds. The second-order valence-electron chi connectivity index (χ2n) is 2.07. The number of nitrogen functional groups attached to an aromatic ring is 1. The van der Waals surface area contributed by atoms with Crippen molar-refractivity contribution in [2.75, 3.05) is 12.3 Å². The van der Waals surface area contributed by atoms with Gasteiger partial charge in [-0.25, -0.2) is 4.98 Å². The lowest BCUT2D eigenvalue weighted by molar-refractivity contribution is 0.817. The molecule has 0 aliphatic rings. The highest BCUT2D eigenvalue weighted by molar-refractivity contribution is 7.13. The molecule has 1 aromatic heterocycles. The van der Waals surface area contributed by atoms with E-state index in [-0.39, 0.29) is 0 Å². The minimum absolute atomic E-state index is 0.645. The number of rotatable bonds is 3. The van der Waals surface area contributed by atoms with Crippen molar-refractivity contribution in [1.82, 2.24) is 4.98 Å². The third kappa shape index (κ3) is 1.97. The maximum absolute atomic E-state index is 5.43. The molecule has 56 valence electrons. The maximum Gasteiger partial charge on any atom is 0.180 e. The molecule has 1 heterocycles. The average molecular weight is 157 g/mol. The summed E-state index contributed by atoms with van der Waals surface area (Å²) in [5.41, 5.74) is 11.8. The molecule has 0 radical (unpaired) electrons. The fraction of sp³-hybridized carbons (Fsp3) is 0.500. The lowest BCUT2D eigenvalue weighted by atomic mass is 10.2. The van der Waals surface area contributed by atoms with E-state index in [1.807, 2.05) is 5.38 Å². The number of nitrogens with zero attached hydrogens (tertiary/aromatic N) is 1. The molecular weight excluding hydrogens is 146 g/mol. The first-order valence-electron chi connectivity index (χ1n) is 3.23. The summed E-state index contributed by atoms with van der Waals surface area (Å²) in [6, 6.07) is 0. The van der Waals surface area contributed by atoms with Gasteiger partial charge in [0, 0.05) is 5.38 Å². The number of aromatic nitrogens is 1. The van der Waals surface area contributed by atoms with E-state index in [4.69, 9.17) is 11.5 Å². The summed E-state index contributed by atoms with van der Waals surface area (Å²) in [6.45, 7) is 0.720. The van der Waals surface area contributed by atoms with E-state index in [2.05, 4.69) is 4.98 Å². The molecular formula is C6H11N3S. The molecule has 4 N–H and O–H groups in total. The Balaban J connectivity index is 2.42. The molecule has 0 aliphatic heterocycles. The van der Waals surface area contributed by atoms with Crippen LogP contribution in [0.1, 0.15) is 12.1 Å². The molecule has 3 nitrogen and oxygen atoms in total. The Bertz CT molecular complexity index is 197. The highest BCUT2D eigenvalue weighted by Gasteiger charge is 1.96. The number of nitrogens with two attached hydrogens (primary N) is 2. The number of anilines is 1. The van der Waals surface area contributed by atoms with Gasteiger partial charge in [-0.3, -0.25) is 0 Å². The molecule has 1 rings (SSSR count). The Morgan fingerprint density at radius 1 is 1.60 bits per heavy atom. The number of aryl methyl sites for hydroxylation is 1. The molecule has 0 fully saturated rings. The van der Waals surface area contributed by atoms with Gasteiger partial charge in [0.05, 0.1) is 5.69 Å². The van der Waals surface area contributed by atoms with Gasteiger partial charge in [-0.05, 0) is 19.4 Å². The van der Waals surface area contributed by atoms with E-state index in [1.54, 1.807) is 0 Å². The van der Waals surface area contributed by atoms with Crippen molar-refractivity contribution >= 4 is 16.5 Å². The monoisotopic (exact) mass is 157 g/mol. The van der Waals surface area contributed by atoms with Crippen LogP contribution >= 0.6 is 11.3 Å². The molecule has 0 aliphatic carbocycles. The van der Waals surface area contributed by atoms with Crippen LogP contribution in [-0.4, -0.2) is 11.5 Å². The number of hydrogen-bond donors (Lipinski definition) is 2. The van der Waals surface area contributed by atoms with E-state index in [9.17, 15) is 0 Å². The predicted octanol–water partition coefficient (Wildman–Crippen LogP) is 0.617. The van der Waals surface area contributed by atoms with Gasteiger partial charge in [-0.15, -0.1) is 11.3 Å². The van der Waals surface area contributed by atoms with Crippen LogP contribution in [0.4, 0.5) is 5.13 Å². The van der Waals surface area contributed by atoms with Crippen LogP contribution in [0.3, 0.4) is 0 Å². The molecule has 0 atom stereocenters. The van der Waals surface area contributed by atoms with Crippen LogP contribution in [0.25, 0.3) is 0 Å². The fourth-order valence-corrected chi connectivity index (χ4v) is 1.32. The summed E-state index contributed by atoms with van der Waals surface area (Å²) in [5.74, 6) is 0. The Hall–Kier alpha value is -0.610. The second-order valence-corrected chi connectivity index (χ2v) is 2.96. The summed E-state index contributed by atoms with van der Waals surface area (Å²) in [6.07, 6.45) is 1.94. The van der Waals surface area contributed by atoms with E-state index in [0.717, 1.165) is 25.1 Å². The van der Waals surface area contributed by atoms with Crippen LogP contribution in [0.2, 0.25) is 0 Å². The molecule has 0 aromatic carbocycles. The fourth-order valence-electron chi connectivity index (χ4n) is 0.721. The summed E-state index contributed by atoms with van der Waals surface area (Å²) in [7, 11) is 0. The summed E-state index contributed by atoms with van der Waals surface area (Å²) < 4.78 is 0. The maximum atomic E-state index is 5.43. The highest BCUT2D eigenvalue weighted by Crippen LogP contribution is 2.11. The van der Waals surface area contributed by atoms with Crippen molar-refractivity contribution in [3.63, 3.8) is 0 Å². The molecule has 0 spiro atoms. The standard InChI is InChI=1S/C6H11N3S/c7-3-1-2-5-4-10-6(8)9-5/h4H,1-3,7H2,(H2,8,9). The SMILES string of the molecule is NCCCc1csc(N)n1. The van der Waals surface area contributed by atoms with E-state index in [1.165, 1.54) is 11.3 Å². The minimum Gasteiger partial charge on any atom is -0.375 e. The van der Waals surface area contributed by atoms with E-state index >= 15 is 0 Å². The summed E-state index contributed by atoms with van der Waals surface area (Å²) in [4.78, 5) is 4.09. The lowest BCUT2D eigenvalue weighted by Crippen LogP contribution is -2.00. The van der Waals surface area contributed by atoms with Crippen LogP contribution < -0.4 is 11.5 Å². The van der Waals surface area contributed by atoms with Gasteiger partial charge in [0.2, 0.25) is 0 Å². The number of hydrogen-bond acceptors (Lipinski definition) is 4. The average Bonchev–Trinajstić information content (AvgIpc) is 2.31. The first-order valence-corrected chi connectivity index (χ1v) is 4.11. The van der Waals surface area contributed by atoms with Crippen LogP contribution in [0, 0.1) is 0 Å². The molecule has 1 aromatic rings. The Morgan fingerprint density at radius 2 is 2.40 bits per heavy atom. The predicted molar refractivity (Wildman–Crippen MR) is 43.9 cm³/mol. The van der Waals surface area contributed by atoms with Crippen molar-refractivity contribution in [2.24, 2.45) is 5.73 Å². The van der Waals surface area contributed by atoms with E-state index in [0.29, 0.717) is 5.13 Å². The normalized spacial score (nSPS) is 10.1. The van der Waals surface area contributed by atoms with Gasteiger partial charge in [0.25, 0.3) is 0 Å². The molecule has 4 heteroatoms. The van der Waals surface area contributed by atoms with Crippen molar-refractivity contribution in [2.45, 2.75) is 12.8 Å². The van der Waals surface area contributed by atoms with Crippen LogP contribution in [-0.2, 0) is 6.42 Å². The molecule has 0 unspecified atom stereocenters. The molecule has 0 saturated carbocycles. The van der Waals surface area contributed by atoms with Crippen molar-refractivity contribution in [3.05, 3.63) is 11.1 Å². The zero-order valence-electron chi connectivity index (χ0n) is 5.71. The van der Waals surface area contributed by atoms with Crippen LogP contribution in [0.15, 0.2) is 5.38 Å². The first kappa shape index (κ1) is 7.50. The van der Waals surface area contributed by atoms with Crippen molar-refractivity contribution in [3.8, 4) is 0 Å². The van der Waals surface area contributed by atoms with Gasteiger partial charge < -0.3 is 11.5 Å². The van der Waals surface area contributed by atoms with Gasteiger partial charge in [0.1, 0.15) is 0 Å².